The first-order chi connectivity index (χ1) is 15.2. The van der Waals surface area contributed by atoms with Crippen molar-refractivity contribution in [2.75, 3.05) is 37.4 Å². The summed E-state index contributed by atoms with van der Waals surface area (Å²) in [6, 6.07) is 6.42. The maximum absolute atomic E-state index is 13.9. The SMILES string of the molecule is CN(C)[C@@H]1CCN(c2ccc(-n3cnc(Nc4cnc(C#N)cn4)c3)cc2C(F)(F)F)C1. The van der Waals surface area contributed by atoms with Gasteiger partial charge in [0.2, 0.25) is 0 Å². The summed E-state index contributed by atoms with van der Waals surface area (Å²) < 4.78 is 43.2. The molecule has 0 unspecified atom stereocenters. The molecule has 166 valence electrons. The molecule has 0 radical (unpaired) electrons. The number of nitriles is 1. The normalized spacial score (nSPS) is 16.4. The molecule has 1 saturated heterocycles. The van der Waals surface area contributed by atoms with Crippen LogP contribution >= 0.6 is 0 Å². The Hall–Kier alpha value is -3.65. The summed E-state index contributed by atoms with van der Waals surface area (Å²) >= 11 is 0. The van der Waals surface area contributed by atoms with Crippen molar-refractivity contribution in [3.05, 3.63) is 54.4 Å². The standard InChI is InChI=1S/C21H21F3N8/c1-30(2)16-5-6-31(11-16)18-4-3-15(7-17(18)21(22,23)24)32-12-20(28-13-32)29-19-10-26-14(8-25)9-27-19/h3-4,7,9-10,12-13,16H,5-6,11H2,1-2H3,(H,27,29)/t16-/m1/s1. The number of anilines is 3. The molecule has 0 saturated carbocycles. The van der Waals surface area contributed by atoms with Crippen molar-refractivity contribution in [3.8, 4) is 11.8 Å². The molecule has 3 aromatic rings. The summed E-state index contributed by atoms with van der Waals surface area (Å²) in [6.45, 7) is 1.14. The van der Waals surface area contributed by atoms with Gasteiger partial charge in [0.1, 0.15) is 24.0 Å². The van der Waals surface area contributed by atoms with Crippen molar-refractivity contribution >= 4 is 17.3 Å². The molecule has 1 aromatic carbocycles. The fourth-order valence-corrected chi connectivity index (χ4v) is 3.68. The van der Waals surface area contributed by atoms with Gasteiger partial charge in [0.15, 0.2) is 5.69 Å². The monoisotopic (exact) mass is 442 g/mol. The topological polar surface area (TPSA) is 85.9 Å². The van der Waals surface area contributed by atoms with E-state index in [-0.39, 0.29) is 17.4 Å². The third-order valence-corrected chi connectivity index (χ3v) is 5.42. The smallest absolute Gasteiger partial charge is 0.369 e. The Morgan fingerprint density at radius 1 is 1.16 bits per heavy atom. The minimum Gasteiger partial charge on any atom is -0.369 e. The van der Waals surface area contributed by atoms with E-state index in [9.17, 15) is 13.2 Å². The highest BCUT2D eigenvalue weighted by atomic mass is 19.4. The zero-order valence-electron chi connectivity index (χ0n) is 17.5. The first kappa shape index (κ1) is 21.6. The van der Waals surface area contributed by atoms with Crippen LogP contribution in [0.15, 0.2) is 43.1 Å². The molecule has 8 nitrogen and oxygen atoms in total. The van der Waals surface area contributed by atoms with Crippen molar-refractivity contribution in [2.45, 2.75) is 18.6 Å². The predicted octanol–water partition coefficient (Wildman–Crippen LogP) is 3.44. The summed E-state index contributed by atoms with van der Waals surface area (Å²) in [5.74, 6) is 0.750. The third kappa shape index (κ3) is 4.50. The number of alkyl halides is 3. The van der Waals surface area contributed by atoms with Crippen molar-refractivity contribution in [1.82, 2.24) is 24.4 Å². The van der Waals surface area contributed by atoms with Crippen molar-refractivity contribution in [3.63, 3.8) is 0 Å². The van der Waals surface area contributed by atoms with Crippen LogP contribution in [0.25, 0.3) is 5.69 Å². The lowest BCUT2D eigenvalue weighted by molar-refractivity contribution is -0.137. The summed E-state index contributed by atoms with van der Waals surface area (Å²) in [7, 11) is 3.88. The van der Waals surface area contributed by atoms with Crippen molar-refractivity contribution in [1.29, 1.82) is 5.26 Å². The molecular formula is C21H21F3N8. The van der Waals surface area contributed by atoms with Crippen LogP contribution in [0.2, 0.25) is 0 Å². The summed E-state index contributed by atoms with van der Waals surface area (Å²) in [5, 5.41) is 11.7. The first-order valence-electron chi connectivity index (χ1n) is 9.91. The number of rotatable bonds is 5. The molecule has 0 bridgehead atoms. The van der Waals surface area contributed by atoms with E-state index in [4.69, 9.17) is 5.26 Å². The lowest BCUT2D eigenvalue weighted by Gasteiger charge is -2.25. The Labute approximate surface area is 182 Å². The van der Waals surface area contributed by atoms with E-state index in [1.807, 2.05) is 25.1 Å². The number of aromatic nitrogens is 4. The van der Waals surface area contributed by atoms with Crippen LogP contribution in [0.1, 0.15) is 17.7 Å². The van der Waals surface area contributed by atoms with Gasteiger partial charge in [-0.3, -0.25) is 0 Å². The highest BCUT2D eigenvalue weighted by Crippen LogP contribution is 2.39. The molecule has 0 spiro atoms. The highest BCUT2D eigenvalue weighted by Gasteiger charge is 2.37. The molecule has 11 heteroatoms. The summed E-state index contributed by atoms with van der Waals surface area (Å²) in [4.78, 5) is 16.0. The van der Waals surface area contributed by atoms with Crippen molar-refractivity contribution < 1.29 is 13.2 Å². The molecule has 0 amide bonds. The lowest BCUT2D eigenvalue weighted by atomic mass is 10.1. The van der Waals surface area contributed by atoms with E-state index >= 15 is 0 Å². The van der Waals surface area contributed by atoms with Gasteiger partial charge in [-0.25, -0.2) is 15.0 Å². The second-order valence-corrected chi connectivity index (χ2v) is 7.74. The quantitative estimate of drug-likeness (QED) is 0.648. The van der Waals surface area contributed by atoms with E-state index in [2.05, 4.69) is 20.3 Å². The van der Waals surface area contributed by atoms with Crippen LogP contribution in [0.3, 0.4) is 0 Å². The Kier molecular flexibility index (Phi) is 5.71. The molecule has 1 atom stereocenters. The number of hydrogen-bond donors (Lipinski definition) is 1. The fraction of sp³-hybridized carbons (Fsp3) is 0.333. The largest absolute Gasteiger partial charge is 0.418 e. The van der Waals surface area contributed by atoms with Gasteiger partial charge >= 0.3 is 6.18 Å². The van der Waals surface area contributed by atoms with Gasteiger partial charge in [-0.2, -0.15) is 18.4 Å². The second-order valence-electron chi connectivity index (χ2n) is 7.74. The zero-order chi connectivity index (χ0) is 22.9. The number of halogens is 3. The number of likely N-dealkylation sites (N-methyl/N-ethyl adjacent to an activating group) is 1. The third-order valence-electron chi connectivity index (χ3n) is 5.42. The Bertz CT molecular complexity index is 1130. The molecule has 3 heterocycles. The zero-order valence-corrected chi connectivity index (χ0v) is 17.5. The number of benzene rings is 1. The molecule has 32 heavy (non-hydrogen) atoms. The average Bonchev–Trinajstić information content (AvgIpc) is 3.43. The van der Waals surface area contributed by atoms with Crippen LogP contribution in [0.4, 0.5) is 30.5 Å². The van der Waals surface area contributed by atoms with Gasteiger partial charge in [-0.05, 0) is 38.7 Å². The van der Waals surface area contributed by atoms with E-state index < -0.39 is 11.7 Å². The Morgan fingerprint density at radius 2 is 1.97 bits per heavy atom. The van der Waals surface area contributed by atoms with Gasteiger partial charge in [-0.1, -0.05) is 0 Å². The van der Waals surface area contributed by atoms with Crippen LogP contribution in [-0.2, 0) is 6.18 Å². The van der Waals surface area contributed by atoms with Gasteiger partial charge in [0, 0.05) is 30.5 Å². The molecule has 2 aromatic heterocycles. The molecule has 4 rings (SSSR count). The van der Waals surface area contributed by atoms with Crippen LogP contribution in [0, 0.1) is 11.3 Å². The average molecular weight is 442 g/mol. The van der Waals surface area contributed by atoms with Crippen LogP contribution in [-0.4, -0.2) is 57.6 Å². The van der Waals surface area contributed by atoms with E-state index in [0.717, 1.165) is 12.5 Å². The molecule has 1 N–H and O–H groups in total. The summed E-state index contributed by atoms with van der Waals surface area (Å²) in [6.07, 6.45) is 2.01. The summed E-state index contributed by atoms with van der Waals surface area (Å²) in [5.41, 5.74) is 0.0409. The second kappa shape index (κ2) is 8.47. The number of hydrogen-bond acceptors (Lipinski definition) is 7. The van der Waals surface area contributed by atoms with Crippen LogP contribution < -0.4 is 10.2 Å². The Balaban J connectivity index is 1.58. The number of nitrogens with zero attached hydrogens (tertiary/aromatic N) is 7. The molecule has 0 aliphatic carbocycles. The van der Waals surface area contributed by atoms with Gasteiger partial charge in [-0.15, -0.1) is 0 Å². The van der Waals surface area contributed by atoms with E-state index in [1.165, 1.54) is 29.4 Å². The molecular weight excluding hydrogens is 421 g/mol. The molecule has 1 aliphatic rings. The van der Waals surface area contributed by atoms with Gasteiger partial charge < -0.3 is 19.7 Å². The first-order valence-corrected chi connectivity index (χ1v) is 9.91. The predicted molar refractivity (Wildman–Crippen MR) is 113 cm³/mol. The maximum Gasteiger partial charge on any atom is 0.418 e. The maximum atomic E-state index is 13.9. The molecule has 1 aliphatic heterocycles. The highest BCUT2D eigenvalue weighted by molar-refractivity contribution is 5.60. The van der Waals surface area contributed by atoms with Gasteiger partial charge in [0.25, 0.3) is 0 Å². The van der Waals surface area contributed by atoms with Crippen LogP contribution in [0.5, 0.6) is 0 Å². The minimum atomic E-state index is -4.48. The number of imidazole rings is 1. The van der Waals surface area contributed by atoms with Gasteiger partial charge in [0.05, 0.1) is 24.2 Å². The lowest BCUT2D eigenvalue weighted by Crippen LogP contribution is -2.32. The van der Waals surface area contributed by atoms with Crippen molar-refractivity contribution in [2.24, 2.45) is 0 Å². The number of nitrogens with one attached hydrogen (secondary N) is 1. The van der Waals surface area contributed by atoms with E-state index in [0.29, 0.717) is 30.4 Å². The molecule has 1 fully saturated rings. The Morgan fingerprint density at radius 3 is 2.59 bits per heavy atom. The van der Waals surface area contributed by atoms with E-state index in [1.54, 1.807) is 17.2 Å². The fourth-order valence-electron chi connectivity index (χ4n) is 3.68. The minimum absolute atomic E-state index is 0.177.